The van der Waals surface area contributed by atoms with E-state index in [-0.39, 0.29) is 6.10 Å². The second-order valence-electron chi connectivity index (χ2n) is 6.25. The Morgan fingerprint density at radius 1 is 1.05 bits per heavy atom. The minimum atomic E-state index is -1.28. The van der Waals surface area contributed by atoms with Crippen LogP contribution in [0.3, 0.4) is 0 Å². The van der Waals surface area contributed by atoms with Crippen LogP contribution < -0.4 is 0 Å². The molecule has 0 aromatic carbocycles. The highest BCUT2D eigenvalue weighted by molar-refractivity contribution is 14.1. The van der Waals surface area contributed by atoms with E-state index in [0.29, 0.717) is 3.92 Å². The van der Waals surface area contributed by atoms with Gasteiger partial charge >= 0.3 is 0 Å². The summed E-state index contributed by atoms with van der Waals surface area (Å²) >= 11 is 2.51. The smallest absolute Gasteiger partial charge is 0.129 e. The predicted octanol–water partition coefficient (Wildman–Crippen LogP) is 5.44. The van der Waals surface area contributed by atoms with Gasteiger partial charge in [0.05, 0.1) is 0 Å². The quantitative estimate of drug-likeness (QED) is 0.166. The van der Waals surface area contributed by atoms with Crippen molar-refractivity contribution in [2.45, 2.75) is 81.5 Å². The lowest BCUT2D eigenvalue weighted by atomic mass is 10.1. The lowest BCUT2D eigenvalue weighted by molar-refractivity contribution is 0.147. The number of hydrogen-bond donors (Lipinski definition) is 0. The van der Waals surface area contributed by atoms with Crippen molar-refractivity contribution in [3.8, 4) is 11.5 Å². The minimum Gasteiger partial charge on any atom is -0.368 e. The standard InChI is InChI=1S/C16H31IOSi/c1-6-7-8-9-10-11-12-15(17)16(18-2)13-14-19(3,4)5/h15-16H,6-12H2,1-5H3/t15-,16+/m1/s1. The number of rotatable bonds is 9. The molecule has 0 aliphatic heterocycles. The third-order valence-electron chi connectivity index (χ3n) is 3.01. The summed E-state index contributed by atoms with van der Waals surface area (Å²) < 4.78 is 6.07. The van der Waals surface area contributed by atoms with Crippen molar-refractivity contribution < 1.29 is 4.74 Å². The van der Waals surface area contributed by atoms with Gasteiger partial charge in [-0.1, -0.05) is 93.6 Å². The van der Waals surface area contributed by atoms with Crippen LogP contribution in [0.4, 0.5) is 0 Å². The van der Waals surface area contributed by atoms with Gasteiger partial charge in [-0.15, -0.1) is 5.54 Å². The SMILES string of the molecule is CCCCCCCC[C@@H](I)[C@H](C#C[Si](C)(C)C)OC. The highest BCUT2D eigenvalue weighted by atomic mass is 127. The predicted molar refractivity (Wildman–Crippen MR) is 97.7 cm³/mol. The molecule has 0 amide bonds. The van der Waals surface area contributed by atoms with Gasteiger partial charge in [-0.3, -0.25) is 0 Å². The summed E-state index contributed by atoms with van der Waals surface area (Å²) in [5.74, 6) is 3.35. The molecule has 0 aromatic heterocycles. The van der Waals surface area contributed by atoms with Crippen LogP contribution in [0.15, 0.2) is 0 Å². The van der Waals surface area contributed by atoms with Crippen LogP contribution in [-0.2, 0) is 4.74 Å². The van der Waals surface area contributed by atoms with Gasteiger partial charge in [-0.05, 0) is 6.42 Å². The number of unbranched alkanes of at least 4 members (excludes halogenated alkanes) is 5. The average molecular weight is 394 g/mol. The maximum absolute atomic E-state index is 5.54. The van der Waals surface area contributed by atoms with Crippen LogP contribution in [0.5, 0.6) is 0 Å². The molecule has 0 aromatic rings. The molecule has 0 fully saturated rings. The van der Waals surface area contributed by atoms with E-state index in [1.165, 1.54) is 44.9 Å². The highest BCUT2D eigenvalue weighted by Gasteiger charge is 2.16. The Balaban J connectivity index is 3.94. The Bertz CT molecular complexity index is 275. The molecule has 0 spiro atoms. The Hall–Kier alpha value is 0.467. The van der Waals surface area contributed by atoms with Crippen LogP contribution in [0.2, 0.25) is 19.6 Å². The molecule has 0 N–H and O–H groups in total. The first-order valence-electron chi connectivity index (χ1n) is 7.60. The van der Waals surface area contributed by atoms with E-state index in [1.807, 2.05) is 0 Å². The van der Waals surface area contributed by atoms with Gasteiger partial charge in [-0.25, -0.2) is 0 Å². The first-order chi connectivity index (χ1) is 8.90. The van der Waals surface area contributed by atoms with Crippen LogP contribution in [0.25, 0.3) is 0 Å². The third-order valence-corrected chi connectivity index (χ3v) is 5.18. The summed E-state index contributed by atoms with van der Waals surface area (Å²) in [6, 6.07) is 0. The lowest BCUT2D eigenvalue weighted by Crippen LogP contribution is -2.24. The van der Waals surface area contributed by atoms with E-state index in [9.17, 15) is 0 Å². The molecule has 2 atom stereocenters. The van der Waals surface area contributed by atoms with Gasteiger partial charge < -0.3 is 4.74 Å². The van der Waals surface area contributed by atoms with Crippen molar-refractivity contribution in [2.75, 3.05) is 7.11 Å². The molecule has 0 aliphatic carbocycles. The Morgan fingerprint density at radius 2 is 1.63 bits per heavy atom. The van der Waals surface area contributed by atoms with Crippen LogP contribution in [-0.4, -0.2) is 25.2 Å². The van der Waals surface area contributed by atoms with Crippen LogP contribution in [0.1, 0.15) is 51.9 Å². The second kappa shape index (κ2) is 11.2. The van der Waals surface area contributed by atoms with Gasteiger partial charge in [0.2, 0.25) is 0 Å². The fourth-order valence-electron chi connectivity index (χ4n) is 1.86. The van der Waals surface area contributed by atoms with Gasteiger partial charge in [0.15, 0.2) is 0 Å². The van der Waals surface area contributed by atoms with E-state index < -0.39 is 8.07 Å². The first kappa shape index (κ1) is 19.5. The molecule has 3 heteroatoms. The van der Waals surface area contributed by atoms with Gasteiger partial charge in [-0.2, -0.15) is 0 Å². The first-order valence-corrected chi connectivity index (χ1v) is 12.3. The molecule has 19 heavy (non-hydrogen) atoms. The molecule has 0 unspecified atom stereocenters. The summed E-state index contributed by atoms with van der Waals surface area (Å²) in [4.78, 5) is 0. The zero-order valence-corrected chi connectivity index (χ0v) is 16.5. The maximum Gasteiger partial charge on any atom is 0.129 e. The molecule has 0 radical (unpaired) electrons. The molecular formula is C16H31IOSi. The summed E-state index contributed by atoms with van der Waals surface area (Å²) in [6.45, 7) is 9.11. The largest absolute Gasteiger partial charge is 0.368 e. The Kier molecular flexibility index (Phi) is 11.4. The topological polar surface area (TPSA) is 9.23 Å². The van der Waals surface area contributed by atoms with Crippen molar-refractivity contribution in [1.82, 2.24) is 0 Å². The molecule has 0 rings (SSSR count). The molecule has 0 saturated heterocycles. The summed E-state index contributed by atoms with van der Waals surface area (Å²) in [6.07, 6.45) is 9.50. The van der Waals surface area contributed by atoms with E-state index >= 15 is 0 Å². The molecule has 0 saturated carbocycles. The second-order valence-corrected chi connectivity index (χ2v) is 12.6. The summed E-state index contributed by atoms with van der Waals surface area (Å²) in [5, 5.41) is 0. The van der Waals surface area contributed by atoms with Crippen molar-refractivity contribution >= 4 is 30.7 Å². The Labute approximate surface area is 135 Å². The van der Waals surface area contributed by atoms with E-state index in [1.54, 1.807) is 7.11 Å². The number of hydrogen-bond acceptors (Lipinski definition) is 1. The van der Waals surface area contributed by atoms with E-state index in [0.717, 1.165) is 0 Å². The molecular weight excluding hydrogens is 363 g/mol. The van der Waals surface area contributed by atoms with Gasteiger partial charge in [0.25, 0.3) is 0 Å². The zero-order chi connectivity index (χ0) is 14.7. The maximum atomic E-state index is 5.54. The fourth-order valence-corrected chi connectivity index (χ4v) is 3.34. The van der Waals surface area contributed by atoms with Gasteiger partial charge in [0, 0.05) is 11.0 Å². The van der Waals surface area contributed by atoms with Crippen molar-refractivity contribution in [3.63, 3.8) is 0 Å². The monoisotopic (exact) mass is 394 g/mol. The number of alkyl halides is 1. The molecule has 0 aliphatic rings. The average Bonchev–Trinajstić information content (AvgIpc) is 2.33. The molecule has 112 valence electrons. The van der Waals surface area contributed by atoms with E-state index in [2.05, 4.69) is 60.6 Å². The van der Waals surface area contributed by atoms with Crippen molar-refractivity contribution in [1.29, 1.82) is 0 Å². The minimum absolute atomic E-state index is 0.114. The summed E-state index contributed by atoms with van der Waals surface area (Å²) in [5.41, 5.74) is 3.43. The number of halogens is 1. The lowest BCUT2D eigenvalue weighted by Gasteiger charge is -2.17. The van der Waals surface area contributed by atoms with Crippen LogP contribution in [0, 0.1) is 11.5 Å². The fraction of sp³-hybridized carbons (Fsp3) is 0.875. The Morgan fingerprint density at radius 3 is 2.16 bits per heavy atom. The highest BCUT2D eigenvalue weighted by Crippen LogP contribution is 2.18. The van der Waals surface area contributed by atoms with Crippen LogP contribution >= 0.6 is 22.6 Å². The third kappa shape index (κ3) is 12.0. The molecule has 0 bridgehead atoms. The molecule has 1 nitrogen and oxygen atoms in total. The zero-order valence-electron chi connectivity index (χ0n) is 13.4. The normalized spacial score (nSPS) is 14.6. The van der Waals surface area contributed by atoms with Crippen molar-refractivity contribution in [3.05, 3.63) is 0 Å². The van der Waals surface area contributed by atoms with Crippen molar-refractivity contribution in [2.24, 2.45) is 0 Å². The summed E-state index contributed by atoms with van der Waals surface area (Å²) in [7, 11) is 0.508. The molecule has 0 heterocycles. The number of ether oxygens (including phenoxy) is 1. The number of methoxy groups -OCH3 is 1. The van der Waals surface area contributed by atoms with Gasteiger partial charge in [0.1, 0.15) is 14.2 Å². The van der Waals surface area contributed by atoms with E-state index in [4.69, 9.17) is 4.74 Å².